The van der Waals surface area contributed by atoms with Crippen molar-refractivity contribution < 1.29 is 14.3 Å². The number of ether oxygens (including phenoxy) is 2. The molecule has 0 radical (unpaired) electrons. The highest BCUT2D eigenvalue weighted by Gasteiger charge is 2.31. The van der Waals surface area contributed by atoms with Crippen LogP contribution in [0.15, 0.2) is 36.7 Å². The van der Waals surface area contributed by atoms with E-state index in [0.29, 0.717) is 36.1 Å². The molecule has 7 heteroatoms. The van der Waals surface area contributed by atoms with Crippen LogP contribution < -0.4 is 14.8 Å². The second kappa shape index (κ2) is 6.51. The highest BCUT2D eigenvalue weighted by Crippen LogP contribution is 2.28. The lowest BCUT2D eigenvalue weighted by Crippen LogP contribution is -2.57. The Hall–Kier alpha value is -2.83. The van der Waals surface area contributed by atoms with Crippen LogP contribution in [-0.2, 0) is 0 Å². The van der Waals surface area contributed by atoms with Crippen molar-refractivity contribution in [2.24, 2.45) is 0 Å². The molecule has 7 nitrogen and oxygen atoms in total. The van der Waals surface area contributed by atoms with Crippen LogP contribution in [0.4, 0.5) is 5.95 Å². The van der Waals surface area contributed by atoms with Gasteiger partial charge in [-0.1, -0.05) is 0 Å². The molecule has 1 aliphatic rings. The van der Waals surface area contributed by atoms with Gasteiger partial charge in [0, 0.05) is 31.0 Å². The summed E-state index contributed by atoms with van der Waals surface area (Å²) in [5.74, 6) is 1.70. The van der Waals surface area contributed by atoms with Gasteiger partial charge in [-0.2, -0.15) is 0 Å². The monoisotopic (exact) mass is 314 g/mol. The minimum Gasteiger partial charge on any atom is -0.493 e. The van der Waals surface area contributed by atoms with Gasteiger partial charge in [0.05, 0.1) is 20.3 Å². The second-order valence-corrected chi connectivity index (χ2v) is 5.19. The van der Waals surface area contributed by atoms with Crippen molar-refractivity contribution in [3.63, 3.8) is 0 Å². The van der Waals surface area contributed by atoms with Gasteiger partial charge in [-0.3, -0.25) is 4.79 Å². The normalized spacial score (nSPS) is 14.1. The van der Waals surface area contributed by atoms with Gasteiger partial charge in [0.2, 0.25) is 5.95 Å². The number of rotatable bonds is 5. The lowest BCUT2D eigenvalue weighted by Gasteiger charge is -2.39. The van der Waals surface area contributed by atoms with Crippen LogP contribution in [0, 0.1) is 0 Å². The van der Waals surface area contributed by atoms with E-state index in [1.54, 1.807) is 55.8 Å². The third kappa shape index (κ3) is 3.18. The zero-order chi connectivity index (χ0) is 16.2. The molecule has 1 amide bonds. The molecule has 3 rings (SSSR count). The average Bonchev–Trinajstić information content (AvgIpc) is 2.57. The smallest absolute Gasteiger partial charge is 0.254 e. The summed E-state index contributed by atoms with van der Waals surface area (Å²) in [5.41, 5.74) is 0.581. The van der Waals surface area contributed by atoms with Crippen molar-refractivity contribution in [1.29, 1.82) is 0 Å². The fraction of sp³-hybridized carbons (Fsp3) is 0.312. The first-order chi connectivity index (χ1) is 11.2. The fourth-order valence-electron chi connectivity index (χ4n) is 2.44. The Morgan fingerprint density at radius 3 is 2.52 bits per heavy atom. The predicted octanol–water partition coefficient (Wildman–Crippen LogP) is 1.43. The van der Waals surface area contributed by atoms with Crippen molar-refractivity contribution in [1.82, 2.24) is 14.9 Å². The minimum atomic E-state index is -0.0296. The standard InChI is InChI=1S/C16H18N4O3/c1-22-13-5-4-11(8-14(13)23-2)15(21)20-9-12(10-20)19-16-17-6-3-7-18-16/h3-8,12H,9-10H2,1-2H3,(H,17,18,19). The number of amides is 1. The third-order valence-electron chi connectivity index (χ3n) is 3.70. The van der Waals surface area contributed by atoms with Crippen molar-refractivity contribution in [3.8, 4) is 11.5 Å². The maximum absolute atomic E-state index is 12.5. The van der Waals surface area contributed by atoms with Crippen molar-refractivity contribution in [2.45, 2.75) is 6.04 Å². The molecule has 120 valence electrons. The molecule has 1 N–H and O–H groups in total. The van der Waals surface area contributed by atoms with Gasteiger partial charge in [-0.25, -0.2) is 9.97 Å². The largest absolute Gasteiger partial charge is 0.493 e. The van der Waals surface area contributed by atoms with Gasteiger partial charge in [-0.05, 0) is 24.3 Å². The van der Waals surface area contributed by atoms with Gasteiger partial charge >= 0.3 is 0 Å². The van der Waals surface area contributed by atoms with Crippen LogP contribution in [-0.4, -0.2) is 54.1 Å². The number of anilines is 1. The van der Waals surface area contributed by atoms with E-state index in [-0.39, 0.29) is 11.9 Å². The van der Waals surface area contributed by atoms with Gasteiger partial charge in [0.1, 0.15) is 0 Å². The van der Waals surface area contributed by atoms with Crippen molar-refractivity contribution in [3.05, 3.63) is 42.2 Å². The Bertz CT molecular complexity index is 687. The van der Waals surface area contributed by atoms with E-state index in [9.17, 15) is 4.79 Å². The van der Waals surface area contributed by atoms with E-state index < -0.39 is 0 Å². The highest BCUT2D eigenvalue weighted by atomic mass is 16.5. The molecule has 2 heterocycles. The molecule has 1 aromatic heterocycles. The number of benzene rings is 1. The molecule has 2 aromatic rings. The number of aromatic nitrogens is 2. The Labute approximate surface area is 134 Å². The number of carbonyl (C=O) groups is 1. The molecule has 0 aliphatic carbocycles. The maximum atomic E-state index is 12.5. The van der Waals surface area contributed by atoms with Gasteiger partial charge in [-0.15, -0.1) is 0 Å². The Balaban J connectivity index is 1.60. The van der Waals surface area contributed by atoms with Crippen molar-refractivity contribution >= 4 is 11.9 Å². The summed E-state index contributed by atoms with van der Waals surface area (Å²) < 4.78 is 10.4. The molecule has 1 saturated heterocycles. The Morgan fingerprint density at radius 1 is 1.17 bits per heavy atom. The van der Waals surface area contributed by atoms with Crippen LogP contribution >= 0.6 is 0 Å². The zero-order valence-electron chi connectivity index (χ0n) is 13.0. The summed E-state index contributed by atoms with van der Waals surface area (Å²) in [4.78, 5) is 22.5. The number of likely N-dealkylation sites (tertiary alicyclic amines) is 1. The number of hydrogen-bond donors (Lipinski definition) is 1. The molecule has 0 bridgehead atoms. The van der Waals surface area contributed by atoms with E-state index >= 15 is 0 Å². The molecular formula is C16H18N4O3. The van der Waals surface area contributed by atoms with Gasteiger partial charge < -0.3 is 19.7 Å². The van der Waals surface area contributed by atoms with Gasteiger partial charge in [0.25, 0.3) is 5.91 Å². The van der Waals surface area contributed by atoms with Gasteiger partial charge in [0.15, 0.2) is 11.5 Å². The Kier molecular flexibility index (Phi) is 4.27. The van der Waals surface area contributed by atoms with Crippen molar-refractivity contribution in [2.75, 3.05) is 32.6 Å². The van der Waals surface area contributed by atoms with Crippen LogP contribution in [0.5, 0.6) is 11.5 Å². The maximum Gasteiger partial charge on any atom is 0.254 e. The third-order valence-corrected chi connectivity index (χ3v) is 3.70. The van der Waals surface area contributed by atoms with E-state index in [4.69, 9.17) is 9.47 Å². The Morgan fingerprint density at radius 2 is 1.87 bits per heavy atom. The number of hydrogen-bond acceptors (Lipinski definition) is 6. The lowest BCUT2D eigenvalue weighted by molar-refractivity contribution is 0.0624. The van der Waals surface area contributed by atoms with E-state index in [1.807, 2.05) is 0 Å². The molecule has 0 saturated carbocycles. The molecule has 0 atom stereocenters. The molecule has 0 spiro atoms. The number of nitrogens with one attached hydrogen (secondary N) is 1. The molecule has 1 aliphatic heterocycles. The van der Waals surface area contributed by atoms with Crippen LogP contribution in [0.3, 0.4) is 0 Å². The summed E-state index contributed by atoms with van der Waals surface area (Å²) in [6, 6.07) is 7.10. The average molecular weight is 314 g/mol. The fourth-order valence-corrected chi connectivity index (χ4v) is 2.44. The topological polar surface area (TPSA) is 76.6 Å². The zero-order valence-corrected chi connectivity index (χ0v) is 13.0. The second-order valence-electron chi connectivity index (χ2n) is 5.19. The van der Waals surface area contributed by atoms with E-state index in [2.05, 4.69) is 15.3 Å². The summed E-state index contributed by atoms with van der Waals surface area (Å²) in [6.45, 7) is 1.23. The minimum absolute atomic E-state index is 0.0296. The van der Waals surface area contributed by atoms with Crippen LogP contribution in [0.1, 0.15) is 10.4 Å². The number of nitrogens with zero attached hydrogens (tertiary/aromatic N) is 3. The first-order valence-electron chi connectivity index (χ1n) is 7.26. The quantitative estimate of drug-likeness (QED) is 0.900. The summed E-state index contributed by atoms with van der Waals surface area (Å²) >= 11 is 0. The summed E-state index contributed by atoms with van der Waals surface area (Å²) in [7, 11) is 3.12. The lowest BCUT2D eigenvalue weighted by atomic mass is 10.1. The van der Waals surface area contributed by atoms with Crippen LogP contribution in [0.25, 0.3) is 0 Å². The number of carbonyl (C=O) groups excluding carboxylic acids is 1. The first kappa shape index (κ1) is 15.1. The SMILES string of the molecule is COc1ccc(C(=O)N2CC(Nc3ncccn3)C2)cc1OC. The van der Waals surface area contributed by atoms with E-state index in [1.165, 1.54) is 0 Å². The molecule has 0 unspecified atom stereocenters. The first-order valence-corrected chi connectivity index (χ1v) is 7.26. The van der Waals surface area contributed by atoms with Crippen LogP contribution in [0.2, 0.25) is 0 Å². The highest BCUT2D eigenvalue weighted by molar-refractivity contribution is 5.95. The predicted molar refractivity (Wildman–Crippen MR) is 84.9 cm³/mol. The number of methoxy groups -OCH3 is 2. The summed E-state index contributed by atoms with van der Waals surface area (Å²) in [6.07, 6.45) is 3.36. The van der Waals surface area contributed by atoms with E-state index in [0.717, 1.165) is 0 Å². The molecule has 1 fully saturated rings. The molecular weight excluding hydrogens is 296 g/mol. The summed E-state index contributed by atoms with van der Waals surface area (Å²) in [5, 5.41) is 3.19. The molecule has 1 aromatic carbocycles. The molecule has 23 heavy (non-hydrogen) atoms.